The van der Waals surface area contributed by atoms with Crippen molar-refractivity contribution in [3.8, 4) is 17.2 Å². The lowest BCUT2D eigenvalue weighted by Gasteiger charge is -2.10. The van der Waals surface area contributed by atoms with Crippen LogP contribution < -0.4 is 14.2 Å². The number of ether oxygens (including phenoxy) is 3. The van der Waals surface area contributed by atoms with Crippen molar-refractivity contribution in [1.29, 1.82) is 0 Å². The summed E-state index contributed by atoms with van der Waals surface area (Å²) in [4.78, 5) is 12.6. The molecule has 0 fully saturated rings. The molecule has 0 aliphatic carbocycles. The minimum absolute atomic E-state index is 0.126. The summed E-state index contributed by atoms with van der Waals surface area (Å²) in [6.45, 7) is 0.556. The molecule has 150 valence electrons. The molecule has 2 aromatic carbocycles. The van der Waals surface area contributed by atoms with E-state index >= 15 is 0 Å². The SMILES string of the molecule is COc1ccc(/C=C/C(=O)c2ccc(OC)c(OC)c2)cc1Cn1cc(Br)cn1. The predicted molar refractivity (Wildman–Crippen MR) is 115 cm³/mol. The van der Waals surface area contributed by atoms with E-state index in [0.717, 1.165) is 21.3 Å². The van der Waals surface area contributed by atoms with Crippen LogP contribution in [0.15, 0.2) is 59.3 Å². The quantitative estimate of drug-likeness (QED) is 0.365. The van der Waals surface area contributed by atoms with Crippen LogP contribution in [0, 0.1) is 0 Å². The lowest BCUT2D eigenvalue weighted by molar-refractivity contribution is 0.104. The molecule has 0 radical (unpaired) electrons. The molecule has 1 aromatic heterocycles. The zero-order valence-corrected chi connectivity index (χ0v) is 18.0. The highest BCUT2D eigenvalue weighted by Crippen LogP contribution is 2.28. The Kier molecular flexibility index (Phi) is 6.72. The highest BCUT2D eigenvalue weighted by Gasteiger charge is 2.09. The molecule has 29 heavy (non-hydrogen) atoms. The minimum atomic E-state index is -0.126. The second kappa shape index (κ2) is 9.43. The Labute approximate surface area is 177 Å². The Morgan fingerprint density at radius 2 is 1.76 bits per heavy atom. The van der Waals surface area contributed by atoms with E-state index in [9.17, 15) is 4.79 Å². The van der Waals surface area contributed by atoms with Crippen LogP contribution >= 0.6 is 15.9 Å². The molecule has 3 aromatic rings. The number of carbonyl (C=O) groups is 1. The second-order valence-corrected chi connectivity index (χ2v) is 7.11. The van der Waals surface area contributed by atoms with Gasteiger partial charge in [-0.25, -0.2) is 0 Å². The lowest BCUT2D eigenvalue weighted by atomic mass is 10.1. The van der Waals surface area contributed by atoms with Gasteiger partial charge in [-0.05, 0) is 57.9 Å². The van der Waals surface area contributed by atoms with Crippen LogP contribution in [0.4, 0.5) is 0 Å². The van der Waals surface area contributed by atoms with E-state index in [1.807, 2.05) is 29.1 Å². The van der Waals surface area contributed by atoms with Gasteiger partial charge >= 0.3 is 0 Å². The molecule has 0 N–H and O–H groups in total. The number of aromatic nitrogens is 2. The first-order valence-corrected chi connectivity index (χ1v) is 9.62. The molecular formula is C22H21BrN2O4. The Morgan fingerprint density at radius 3 is 2.41 bits per heavy atom. The fourth-order valence-electron chi connectivity index (χ4n) is 2.88. The summed E-state index contributed by atoms with van der Waals surface area (Å²) in [5.41, 5.74) is 2.37. The van der Waals surface area contributed by atoms with Gasteiger partial charge in [-0.15, -0.1) is 0 Å². The molecule has 0 unspecified atom stereocenters. The molecule has 3 rings (SSSR count). The van der Waals surface area contributed by atoms with Gasteiger partial charge in [-0.2, -0.15) is 5.10 Å². The van der Waals surface area contributed by atoms with Crippen molar-refractivity contribution >= 4 is 27.8 Å². The maximum atomic E-state index is 12.6. The topological polar surface area (TPSA) is 62.6 Å². The molecule has 6 nitrogen and oxygen atoms in total. The summed E-state index contributed by atoms with van der Waals surface area (Å²) < 4.78 is 18.6. The van der Waals surface area contributed by atoms with Gasteiger partial charge < -0.3 is 14.2 Å². The number of ketones is 1. The third kappa shape index (κ3) is 5.06. The van der Waals surface area contributed by atoms with Crippen molar-refractivity contribution in [2.75, 3.05) is 21.3 Å². The van der Waals surface area contributed by atoms with Crippen LogP contribution in [0.3, 0.4) is 0 Å². The van der Waals surface area contributed by atoms with Crippen molar-refractivity contribution in [2.24, 2.45) is 0 Å². The van der Waals surface area contributed by atoms with E-state index < -0.39 is 0 Å². The van der Waals surface area contributed by atoms with E-state index in [1.54, 1.807) is 51.8 Å². The number of nitrogens with zero attached hydrogens (tertiary/aromatic N) is 2. The predicted octanol–water partition coefficient (Wildman–Crippen LogP) is 4.62. The third-order valence-electron chi connectivity index (χ3n) is 4.33. The monoisotopic (exact) mass is 456 g/mol. The molecule has 0 amide bonds. The molecule has 7 heteroatoms. The number of carbonyl (C=O) groups excluding carboxylic acids is 1. The van der Waals surface area contributed by atoms with Crippen LogP contribution in [-0.2, 0) is 6.54 Å². The van der Waals surface area contributed by atoms with E-state index in [4.69, 9.17) is 14.2 Å². The summed E-state index contributed by atoms with van der Waals surface area (Å²) in [6, 6.07) is 10.9. The van der Waals surface area contributed by atoms with Gasteiger partial charge in [-0.1, -0.05) is 12.1 Å². The minimum Gasteiger partial charge on any atom is -0.496 e. The molecule has 0 saturated carbocycles. The third-order valence-corrected chi connectivity index (χ3v) is 4.74. The molecule has 0 bridgehead atoms. The number of benzene rings is 2. The average Bonchev–Trinajstić information content (AvgIpc) is 3.16. The van der Waals surface area contributed by atoms with E-state index in [2.05, 4.69) is 21.0 Å². The fourth-order valence-corrected chi connectivity index (χ4v) is 3.21. The number of halogens is 1. The van der Waals surface area contributed by atoms with Gasteiger partial charge in [0.05, 0.1) is 38.5 Å². The molecular weight excluding hydrogens is 436 g/mol. The van der Waals surface area contributed by atoms with Gasteiger partial charge in [0.25, 0.3) is 0 Å². The van der Waals surface area contributed by atoms with Crippen LogP contribution in [0.25, 0.3) is 6.08 Å². The summed E-state index contributed by atoms with van der Waals surface area (Å²) in [6.07, 6.45) is 6.94. The smallest absolute Gasteiger partial charge is 0.185 e. The Morgan fingerprint density at radius 1 is 1.03 bits per heavy atom. The first kappa shape index (κ1) is 20.7. The van der Waals surface area contributed by atoms with Crippen molar-refractivity contribution in [3.63, 3.8) is 0 Å². The molecule has 0 aliphatic heterocycles. The lowest BCUT2D eigenvalue weighted by Crippen LogP contribution is -2.02. The summed E-state index contributed by atoms with van der Waals surface area (Å²) >= 11 is 3.40. The van der Waals surface area contributed by atoms with Gasteiger partial charge in [0.2, 0.25) is 0 Å². The van der Waals surface area contributed by atoms with E-state index in [-0.39, 0.29) is 5.78 Å². The molecule has 0 aliphatic rings. The van der Waals surface area contributed by atoms with E-state index in [1.165, 1.54) is 6.08 Å². The van der Waals surface area contributed by atoms with Gasteiger partial charge in [0.1, 0.15) is 5.75 Å². The summed E-state index contributed by atoms with van der Waals surface area (Å²) in [5, 5.41) is 4.28. The standard InChI is InChI=1S/C22H21BrN2O4/c1-27-20-8-5-15(10-17(20)13-25-14-18(23)12-24-25)4-7-19(26)16-6-9-21(28-2)22(11-16)29-3/h4-12,14H,13H2,1-3H3/b7-4+. The van der Waals surface area contributed by atoms with Gasteiger partial charge in [0, 0.05) is 17.3 Å². The Bertz CT molecular complexity index is 1040. The number of hydrogen-bond acceptors (Lipinski definition) is 5. The van der Waals surface area contributed by atoms with E-state index in [0.29, 0.717) is 23.6 Å². The van der Waals surface area contributed by atoms with Crippen molar-refractivity contribution in [1.82, 2.24) is 9.78 Å². The maximum absolute atomic E-state index is 12.6. The maximum Gasteiger partial charge on any atom is 0.185 e. The van der Waals surface area contributed by atoms with Crippen molar-refractivity contribution < 1.29 is 19.0 Å². The number of allylic oxidation sites excluding steroid dienone is 1. The Balaban J connectivity index is 1.81. The van der Waals surface area contributed by atoms with Gasteiger partial charge in [0.15, 0.2) is 17.3 Å². The van der Waals surface area contributed by atoms with Crippen LogP contribution in [0.2, 0.25) is 0 Å². The number of methoxy groups -OCH3 is 3. The molecule has 0 saturated heterocycles. The summed E-state index contributed by atoms with van der Waals surface area (Å²) in [7, 11) is 4.73. The normalized spacial score (nSPS) is 10.9. The number of hydrogen-bond donors (Lipinski definition) is 0. The highest BCUT2D eigenvalue weighted by molar-refractivity contribution is 9.10. The zero-order chi connectivity index (χ0) is 20.8. The first-order chi connectivity index (χ1) is 14.0. The molecule has 0 spiro atoms. The average molecular weight is 457 g/mol. The van der Waals surface area contributed by atoms with Crippen LogP contribution in [0.5, 0.6) is 17.2 Å². The zero-order valence-electron chi connectivity index (χ0n) is 16.4. The molecule has 0 atom stereocenters. The first-order valence-electron chi connectivity index (χ1n) is 8.83. The van der Waals surface area contributed by atoms with Crippen LogP contribution in [0.1, 0.15) is 21.5 Å². The second-order valence-electron chi connectivity index (χ2n) is 6.19. The Hall–Kier alpha value is -3.06. The van der Waals surface area contributed by atoms with Gasteiger partial charge in [-0.3, -0.25) is 9.48 Å². The highest BCUT2D eigenvalue weighted by atomic mass is 79.9. The summed E-state index contributed by atoms with van der Waals surface area (Å²) in [5.74, 6) is 1.74. The van der Waals surface area contributed by atoms with Crippen molar-refractivity contribution in [2.45, 2.75) is 6.54 Å². The molecule has 1 heterocycles. The van der Waals surface area contributed by atoms with Crippen LogP contribution in [-0.4, -0.2) is 36.9 Å². The number of rotatable bonds is 8. The fraction of sp³-hybridized carbons (Fsp3) is 0.182. The van der Waals surface area contributed by atoms with Crippen molar-refractivity contribution in [3.05, 3.63) is 76.0 Å². The largest absolute Gasteiger partial charge is 0.496 e.